The van der Waals surface area contributed by atoms with E-state index in [1.54, 1.807) is 0 Å². The van der Waals surface area contributed by atoms with Crippen molar-refractivity contribution < 1.29 is 47.0 Å². The second kappa shape index (κ2) is 30.5. The molecule has 0 heterocycles. The summed E-state index contributed by atoms with van der Waals surface area (Å²) in [5.74, 6) is 0. The largest absolute Gasteiger partial charge is 0.378 e. The van der Waals surface area contributed by atoms with E-state index in [-0.39, 0.29) is 6.61 Å². The Morgan fingerprint density at radius 3 is 0.812 bits per heavy atom. The van der Waals surface area contributed by atoms with Crippen LogP contribution in [0.4, 0.5) is 4.39 Å². The molecule has 10 nitrogen and oxygen atoms in total. The maximum Gasteiger partial charge on any atom is 0.113 e. The highest BCUT2D eigenvalue weighted by atomic mass is 19.1. The molecule has 1 N–H and O–H groups in total. The summed E-state index contributed by atoms with van der Waals surface area (Å²) < 4.78 is 59.7. The first-order valence-electron chi connectivity index (χ1n) is 11.3. The molecule has 0 unspecified atom stereocenters. The molecule has 194 valence electrons. The lowest BCUT2D eigenvalue weighted by molar-refractivity contribution is -0.0250. The average molecular weight is 474 g/mol. The maximum absolute atomic E-state index is 11.8. The summed E-state index contributed by atoms with van der Waals surface area (Å²) in [6.45, 7) is 9.38. The van der Waals surface area contributed by atoms with E-state index in [1.807, 2.05) is 7.05 Å². The second-order valence-electron chi connectivity index (χ2n) is 6.30. The van der Waals surface area contributed by atoms with Crippen molar-refractivity contribution in [3.8, 4) is 0 Å². The van der Waals surface area contributed by atoms with E-state index in [1.165, 1.54) is 0 Å². The number of nitrogens with one attached hydrogen (secondary N) is 1. The Kier molecular flexibility index (Phi) is 30.1. The summed E-state index contributed by atoms with van der Waals surface area (Å²) in [7, 11) is 1.89. The van der Waals surface area contributed by atoms with Crippen LogP contribution >= 0.6 is 0 Å². The molecule has 0 rings (SSSR count). The third-order valence-electron chi connectivity index (χ3n) is 3.69. The molecule has 0 bridgehead atoms. The van der Waals surface area contributed by atoms with Crippen LogP contribution in [0.5, 0.6) is 0 Å². The Balaban J connectivity index is 2.98. The molecule has 0 saturated carbocycles. The molecule has 0 fully saturated rings. The Hall–Kier alpha value is -0.470. The van der Waals surface area contributed by atoms with Gasteiger partial charge in [-0.3, -0.25) is 0 Å². The van der Waals surface area contributed by atoms with Crippen LogP contribution in [0.1, 0.15) is 0 Å². The summed E-state index contributed by atoms with van der Waals surface area (Å²) >= 11 is 0. The highest BCUT2D eigenvalue weighted by molar-refractivity contribution is 4.39. The number of ether oxygens (including phenoxy) is 9. The van der Waals surface area contributed by atoms with Gasteiger partial charge in [0.05, 0.1) is 119 Å². The smallest absolute Gasteiger partial charge is 0.113 e. The molecule has 0 aromatic carbocycles. The van der Waals surface area contributed by atoms with E-state index in [9.17, 15) is 4.39 Å². The van der Waals surface area contributed by atoms with E-state index < -0.39 is 6.67 Å². The van der Waals surface area contributed by atoms with Crippen molar-refractivity contribution in [2.24, 2.45) is 0 Å². The molecular weight excluding hydrogens is 429 g/mol. The molecule has 0 aliphatic rings. The van der Waals surface area contributed by atoms with Gasteiger partial charge in [-0.25, -0.2) is 4.39 Å². The van der Waals surface area contributed by atoms with Crippen molar-refractivity contribution in [2.75, 3.05) is 139 Å². The average Bonchev–Trinajstić information content (AvgIpc) is 2.81. The SMILES string of the molecule is CNCCOCCOCCOCCOCCOCCOCCOCCOCCOCCF. The molecule has 0 aromatic rings. The van der Waals surface area contributed by atoms with Crippen LogP contribution in [0.2, 0.25) is 0 Å². The molecule has 0 aromatic heterocycles. The van der Waals surface area contributed by atoms with Crippen molar-refractivity contribution in [3.05, 3.63) is 0 Å². The molecule has 0 aliphatic carbocycles. The second-order valence-corrected chi connectivity index (χ2v) is 6.30. The lowest BCUT2D eigenvalue weighted by Crippen LogP contribution is -2.17. The van der Waals surface area contributed by atoms with Crippen LogP contribution in [0.15, 0.2) is 0 Å². The van der Waals surface area contributed by atoms with Crippen LogP contribution in [-0.2, 0) is 42.6 Å². The molecule has 0 amide bonds. The predicted molar refractivity (Wildman–Crippen MR) is 117 cm³/mol. The third kappa shape index (κ3) is 29.5. The van der Waals surface area contributed by atoms with Crippen LogP contribution in [-0.4, -0.2) is 139 Å². The topological polar surface area (TPSA) is 95.1 Å². The zero-order chi connectivity index (χ0) is 23.2. The Labute approximate surface area is 192 Å². The van der Waals surface area contributed by atoms with Crippen LogP contribution in [0.25, 0.3) is 0 Å². The van der Waals surface area contributed by atoms with Crippen molar-refractivity contribution in [1.29, 1.82) is 0 Å². The summed E-state index contributed by atoms with van der Waals surface area (Å²) in [5, 5.41) is 3.01. The Morgan fingerprint density at radius 2 is 0.594 bits per heavy atom. The molecule has 0 atom stereocenters. The fraction of sp³-hybridized carbons (Fsp3) is 1.00. The fourth-order valence-electron chi connectivity index (χ4n) is 2.09. The molecule has 32 heavy (non-hydrogen) atoms. The van der Waals surface area contributed by atoms with Crippen molar-refractivity contribution in [3.63, 3.8) is 0 Å². The Morgan fingerprint density at radius 1 is 0.375 bits per heavy atom. The number of hydrogen-bond donors (Lipinski definition) is 1. The van der Waals surface area contributed by atoms with E-state index in [0.717, 1.165) is 6.54 Å². The van der Waals surface area contributed by atoms with Crippen molar-refractivity contribution in [2.45, 2.75) is 0 Å². The molecule has 0 saturated heterocycles. The standard InChI is InChI=1S/C21H44FNO9/c1-23-3-5-25-7-9-27-11-13-29-15-17-31-19-21-32-20-18-30-16-14-28-12-10-26-8-6-24-4-2-22/h23H,2-21H2,1H3. The first-order chi connectivity index (χ1) is 15.9. The normalized spacial score (nSPS) is 11.4. The third-order valence-corrected chi connectivity index (χ3v) is 3.69. The number of likely N-dealkylation sites (N-methyl/N-ethyl adjacent to an activating group) is 1. The Bertz CT molecular complexity index is 304. The quantitative estimate of drug-likeness (QED) is 0.153. The molecular formula is C21H44FNO9. The summed E-state index contributed by atoms with van der Waals surface area (Å²) in [5.41, 5.74) is 0. The van der Waals surface area contributed by atoms with E-state index >= 15 is 0 Å². The van der Waals surface area contributed by atoms with E-state index in [4.69, 9.17) is 42.6 Å². The van der Waals surface area contributed by atoms with Gasteiger partial charge in [0.15, 0.2) is 0 Å². The monoisotopic (exact) mass is 473 g/mol. The highest BCUT2D eigenvalue weighted by Crippen LogP contribution is 1.86. The lowest BCUT2D eigenvalue weighted by Gasteiger charge is -2.08. The van der Waals surface area contributed by atoms with Gasteiger partial charge in [0, 0.05) is 6.54 Å². The maximum atomic E-state index is 11.8. The minimum Gasteiger partial charge on any atom is -0.378 e. The number of halogens is 1. The van der Waals surface area contributed by atoms with Crippen molar-refractivity contribution in [1.82, 2.24) is 5.32 Å². The van der Waals surface area contributed by atoms with E-state index in [2.05, 4.69) is 5.32 Å². The summed E-state index contributed by atoms with van der Waals surface area (Å²) in [6, 6.07) is 0. The zero-order valence-corrected chi connectivity index (χ0v) is 19.7. The van der Waals surface area contributed by atoms with Gasteiger partial charge in [0.1, 0.15) is 6.67 Å². The van der Waals surface area contributed by atoms with Crippen LogP contribution < -0.4 is 5.32 Å². The number of rotatable bonds is 29. The first-order valence-corrected chi connectivity index (χ1v) is 11.3. The summed E-state index contributed by atoms with van der Waals surface area (Å²) in [6.07, 6.45) is 0. The first kappa shape index (κ1) is 31.5. The van der Waals surface area contributed by atoms with Gasteiger partial charge >= 0.3 is 0 Å². The molecule has 11 heteroatoms. The lowest BCUT2D eigenvalue weighted by atomic mass is 10.6. The predicted octanol–water partition coefficient (Wildman–Crippen LogP) is 0.325. The van der Waals surface area contributed by atoms with Gasteiger partial charge in [-0.15, -0.1) is 0 Å². The van der Waals surface area contributed by atoms with E-state index in [0.29, 0.717) is 112 Å². The minimum absolute atomic E-state index is 0.119. The molecule has 0 radical (unpaired) electrons. The number of hydrogen-bond acceptors (Lipinski definition) is 10. The zero-order valence-electron chi connectivity index (χ0n) is 19.7. The van der Waals surface area contributed by atoms with Gasteiger partial charge < -0.3 is 47.9 Å². The van der Waals surface area contributed by atoms with Gasteiger partial charge in [0.2, 0.25) is 0 Å². The van der Waals surface area contributed by atoms with Gasteiger partial charge in [-0.1, -0.05) is 0 Å². The molecule has 0 aliphatic heterocycles. The minimum atomic E-state index is -0.469. The number of alkyl halides is 1. The van der Waals surface area contributed by atoms with Gasteiger partial charge in [-0.05, 0) is 7.05 Å². The van der Waals surface area contributed by atoms with Crippen LogP contribution in [0, 0.1) is 0 Å². The van der Waals surface area contributed by atoms with Crippen molar-refractivity contribution >= 4 is 0 Å². The highest BCUT2D eigenvalue weighted by Gasteiger charge is 1.95. The van der Waals surface area contributed by atoms with Crippen LogP contribution in [0.3, 0.4) is 0 Å². The molecule has 0 spiro atoms. The fourth-order valence-corrected chi connectivity index (χ4v) is 2.09. The van der Waals surface area contributed by atoms with Gasteiger partial charge in [0.25, 0.3) is 0 Å². The summed E-state index contributed by atoms with van der Waals surface area (Å²) in [4.78, 5) is 0. The van der Waals surface area contributed by atoms with Gasteiger partial charge in [-0.2, -0.15) is 0 Å².